The summed E-state index contributed by atoms with van der Waals surface area (Å²) >= 11 is 0. The maximum atomic E-state index is 12.7. The molecule has 0 radical (unpaired) electrons. The van der Waals surface area contributed by atoms with Gasteiger partial charge in [-0.15, -0.1) is 0 Å². The number of aromatic amines is 1. The van der Waals surface area contributed by atoms with Gasteiger partial charge in [-0.1, -0.05) is 36.4 Å². The van der Waals surface area contributed by atoms with E-state index >= 15 is 0 Å². The maximum absolute atomic E-state index is 12.7. The summed E-state index contributed by atoms with van der Waals surface area (Å²) in [7, 11) is 0. The first-order valence-corrected chi connectivity index (χ1v) is 9.52. The van der Waals surface area contributed by atoms with Crippen molar-refractivity contribution in [1.82, 2.24) is 10.3 Å². The van der Waals surface area contributed by atoms with Gasteiger partial charge in [0, 0.05) is 17.3 Å². The number of hydrogen-bond donors (Lipinski definition) is 2. The molecule has 5 rings (SSSR count). The van der Waals surface area contributed by atoms with Gasteiger partial charge >= 0.3 is 0 Å². The highest BCUT2D eigenvalue weighted by Gasteiger charge is 2.47. The van der Waals surface area contributed by atoms with E-state index in [2.05, 4.69) is 10.3 Å². The minimum atomic E-state index is -0.184. The monoisotopic (exact) mass is 378 g/mol. The van der Waals surface area contributed by atoms with Crippen molar-refractivity contribution in [2.45, 2.75) is 24.7 Å². The molecule has 144 valence electrons. The molecule has 6 nitrogen and oxygen atoms in total. The second-order valence-electron chi connectivity index (χ2n) is 7.54. The van der Waals surface area contributed by atoms with E-state index in [-0.39, 0.29) is 17.6 Å². The van der Waals surface area contributed by atoms with Gasteiger partial charge in [0.05, 0.1) is 25.9 Å². The lowest BCUT2D eigenvalue weighted by molar-refractivity contribution is -0.184. The quantitative estimate of drug-likeness (QED) is 0.716. The first-order valence-electron chi connectivity index (χ1n) is 9.52. The molecule has 2 aromatic carbocycles. The zero-order valence-corrected chi connectivity index (χ0v) is 15.4. The zero-order chi connectivity index (χ0) is 19.0. The maximum Gasteiger partial charge on any atom is 0.268 e. The number of aromatic nitrogens is 1. The first kappa shape index (κ1) is 17.3. The largest absolute Gasteiger partial charge is 0.488 e. The second-order valence-corrected chi connectivity index (χ2v) is 7.54. The number of benzene rings is 2. The Morgan fingerprint density at radius 2 is 2.04 bits per heavy atom. The topological polar surface area (TPSA) is 72.6 Å². The molecular formula is C22H22N2O4. The van der Waals surface area contributed by atoms with Crippen molar-refractivity contribution in [2.24, 2.45) is 0 Å². The van der Waals surface area contributed by atoms with Crippen molar-refractivity contribution in [1.29, 1.82) is 0 Å². The fraction of sp³-hybridized carbons (Fsp3) is 0.318. The number of carbonyl (C=O) groups is 1. The van der Waals surface area contributed by atoms with Gasteiger partial charge in [0.1, 0.15) is 23.7 Å². The van der Waals surface area contributed by atoms with E-state index < -0.39 is 0 Å². The molecule has 2 aliphatic heterocycles. The Kier molecular flexibility index (Phi) is 4.30. The fourth-order valence-electron chi connectivity index (χ4n) is 3.84. The van der Waals surface area contributed by atoms with E-state index in [9.17, 15) is 4.79 Å². The number of ether oxygens (including phenoxy) is 3. The lowest BCUT2D eigenvalue weighted by atomic mass is 9.96. The van der Waals surface area contributed by atoms with Gasteiger partial charge in [-0.25, -0.2) is 0 Å². The van der Waals surface area contributed by atoms with Crippen molar-refractivity contribution >= 4 is 16.8 Å². The van der Waals surface area contributed by atoms with Crippen LogP contribution in [-0.4, -0.2) is 42.4 Å². The van der Waals surface area contributed by atoms with E-state index in [0.29, 0.717) is 32.1 Å². The van der Waals surface area contributed by atoms with Gasteiger partial charge in [0.25, 0.3) is 5.91 Å². The van der Waals surface area contributed by atoms with Gasteiger partial charge < -0.3 is 24.5 Å². The Hall–Kier alpha value is -2.83. The minimum Gasteiger partial charge on any atom is -0.488 e. The van der Waals surface area contributed by atoms with Gasteiger partial charge in [0.15, 0.2) is 0 Å². The van der Waals surface area contributed by atoms with Gasteiger partial charge in [-0.2, -0.15) is 0 Å². The van der Waals surface area contributed by atoms with Crippen LogP contribution in [0.4, 0.5) is 0 Å². The number of amides is 1. The number of H-pyrrole nitrogens is 1. The summed E-state index contributed by atoms with van der Waals surface area (Å²) in [6.45, 7) is 2.25. The highest BCUT2D eigenvalue weighted by Crippen LogP contribution is 2.33. The molecule has 6 heteroatoms. The Morgan fingerprint density at radius 3 is 2.79 bits per heavy atom. The molecule has 2 fully saturated rings. The molecular weight excluding hydrogens is 356 g/mol. The Bertz CT molecular complexity index is 994. The van der Waals surface area contributed by atoms with Crippen LogP contribution in [-0.2, 0) is 16.1 Å². The van der Waals surface area contributed by atoms with Crippen LogP contribution in [0.3, 0.4) is 0 Å². The number of carbonyl (C=O) groups excluding carboxylic acids is 1. The lowest BCUT2D eigenvalue weighted by Gasteiger charge is -2.36. The molecule has 2 aliphatic rings. The average molecular weight is 378 g/mol. The predicted octanol–water partition coefficient (Wildman–Crippen LogP) is 3.03. The van der Waals surface area contributed by atoms with Crippen LogP contribution < -0.4 is 10.1 Å². The second kappa shape index (κ2) is 6.96. The van der Waals surface area contributed by atoms with Crippen LogP contribution in [0.25, 0.3) is 10.9 Å². The summed E-state index contributed by atoms with van der Waals surface area (Å²) in [5.74, 6) is 0.627. The molecule has 3 aromatic rings. The summed E-state index contributed by atoms with van der Waals surface area (Å²) < 4.78 is 17.1. The van der Waals surface area contributed by atoms with E-state index in [1.54, 1.807) is 0 Å². The summed E-state index contributed by atoms with van der Waals surface area (Å²) in [6, 6.07) is 17.7. The molecule has 2 saturated heterocycles. The van der Waals surface area contributed by atoms with E-state index in [0.717, 1.165) is 28.6 Å². The number of nitrogens with one attached hydrogen (secondary N) is 2. The van der Waals surface area contributed by atoms with Gasteiger partial charge in [-0.3, -0.25) is 4.79 Å². The summed E-state index contributed by atoms with van der Waals surface area (Å²) in [6.07, 6.45) is 0.796. The van der Waals surface area contributed by atoms with Gasteiger partial charge in [-0.05, 0) is 23.8 Å². The van der Waals surface area contributed by atoms with Crippen LogP contribution in [0, 0.1) is 0 Å². The smallest absolute Gasteiger partial charge is 0.268 e. The number of fused-ring (bicyclic) bond motifs is 1. The van der Waals surface area contributed by atoms with Crippen molar-refractivity contribution < 1.29 is 19.0 Å². The molecule has 0 saturated carbocycles. The van der Waals surface area contributed by atoms with Crippen molar-refractivity contribution in [2.75, 3.05) is 19.8 Å². The lowest BCUT2D eigenvalue weighted by Crippen LogP contribution is -2.50. The van der Waals surface area contributed by atoms with Crippen LogP contribution in [0.15, 0.2) is 54.6 Å². The molecule has 1 amide bonds. The molecule has 2 N–H and O–H groups in total. The molecule has 1 aromatic heterocycles. The Labute approximate surface area is 162 Å². The third-order valence-corrected chi connectivity index (χ3v) is 5.38. The highest BCUT2D eigenvalue weighted by atomic mass is 16.6. The SMILES string of the molecule is O=C(NC1COC2(COC2)C1)c1cc2c(OCc3ccccc3)cccc2[nH]1. The van der Waals surface area contributed by atoms with Crippen LogP contribution in [0.5, 0.6) is 5.75 Å². The Morgan fingerprint density at radius 1 is 1.18 bits per heavy atom. The predicted molar refractivity (Wildman–Crippen MR) is 104 cm³/mol. The molecule has 1 atom stereocenters. The summed E-state index contributed by atoms with van der Waals surface area (Å²) in [5.41, 5.74) is 2.32. The molecule has 3 heterocycles. The fourth-order valence-corrected chi connectivity index (χ4v) is 3.84. The van der Waals surface area contributed by atoms with Gasteiger partial charge in [0.2, 0.25) is 0 Å². The molecule has 1 spiro atoms. The summed E-state index contributed by atoms with van der Waals surface area (Å²) in [4.78, 5) is 15.9. The van der Waals surface area contributed by atoms with Crippen molar-refractivity contribution in [3.63, 3.8) is 0 Å². The van der Waals surface area contributed by atoms with Crippen LogP contribution >= 0.6 is 0 Å². The van der Waals surface area contributed by atoms with Crippen molar-refractivity contribution in [3.05, 3.63) is 65.9 Å². The van der Waals surface area contributed by atoms with Crippen LogP contribution in [0.1, 0.15) is 22.5 Å². The zero-order valence-electron chi connectivity index (χ0n) is 15.4. The third kappa shape index (κ3) is 3.25. The molecule has 0 aliphatic carbocycles. The van der Waals surface area contributed by atoms with Crippen LogP contribution in [0.2, 0.25) is 0 Å². The normalized spacial score (nSPS) is 20.2. The molecule has 0 bridgehead atoms. The number of hydrogen-bond acceptors (Lipinski definition) is 4. The first-order chi connectivity index (χ1) is 13.7. The Balaban J connectivity index is 1.30. The minimum absolute atomic E-state index is 0.0108. The molecule has 1 unspecified atom stereocenters. The summed E-state index contributed by atoms with van der Waals surface area (Å²) in [5, 5.41) is 3.96. The van der Waals surface area contributed by atoms with E-state index in [1.807, 2.05) is 54.6 Å². The van der Waals surface area contributed by atoms with E-state index in [1.165, 1.54) is 0 Å². The average Bonchev–Trinajstić information content (AvgIpc) is 3.32. The van der Waals surface area contributed by atoms with Crippen molar-refractivity contribution in [3.8, 4) is 5.75 Å². The van der Waals surface area contributed by atoms with E-state index in [4.69, 9.17) is 14.2 Å². The molecule has 28 heavy (non-hydrogen) atoms. The standard InChI is InChI=1S/C22H22N2O4/c25-21(23-16-10-22(28-12-16)13-26-14-22)19-9-17-18(24-19)7-4-8-20(17)27-11-15-5-2-1-3-6-15/h1-9,16,24H,10-14H2,(H,23,25). The highest BCUT2D eigenvalue weighted by molar-refractivity contribution is 5.99. The third-order valence-electron chi connectivity index (χ3n) is 5.38. The number of rotatable bonds is 5.